The molecule has 0 atom stereocenters. The molecule has 0 radical (unpaired) electrons. The highest BCUT2D eigenvalue weighted by Gasteiger charge is 2.14. The average molecular weight is 514 g/mol. The number of H-pyrrole nitrogens is 1. The molecular weight excluding hydrogens is 475 g/mol. The molecule has 0 bridgehead atoms. The van der Waals surface area contributed by atoms with Gasteiger partial charge in [-0.1, -0.05) is 56.1 Å². The second kappa shape index (κ2) is 12.3. The fourth-order valence-corrected chi connectivity index (χ4v) is 5.53. The molecule has 0 aliphatic rings. The molecule has 2 aromatic carbocycles. The van der Waals surface area contributed by atoms with Crippen molar-refractivity contribution in [2.24, 2.45) is 0 Å². The second-order valence-corrected chi connectivity index (χ2v) is 10.3. The summed E-state index contributed by atoms with van der Waals surface area (Å²) in [6.07, 6.45) is 8.81. The maximum absolute atomic E-state index is 6.42. The Morgan fingerprint density at radius 2 is 1.57 bits per heavy atom. The van der Waals surface area contributed by atoms with Gasteiger partial charge in [0, 0.05) is 46.8 Å². The highest BCUT2D eigenvalue weighted by Crippen LogP contribution is 2.27. The summed E-state index contributed by atoms with van der Waals surface area (Å²) in [6.45, 7) is 13.0. The van der Waals surface area contributed by atoms with Gasteiger partial charge < -0.3 is 14.5 Å². The lowest BCUT2D eigenvalue weighted by Gasteiger charge is -2.23. The van der Waals surface area contributed by atoms with Gasteiger partial charge in [0.25, 0.3) is 0 Å². The summed E-state index contributed by atoms with van der Waals surface area (Å²) in [7, 11) is 0. The third-order valence-electron chi connectivity index (χ3n) is 6.95. The van der Waals surface area contributed by atoms with Crippen molar-refractivity contribution in [2.45, 2.75) is 53.1 Å². The minimum Gasteiger partial charge on any atom is -0.360 e. The highest BCUT2D eigenvalue weighted by atomic mass is 35.5. The van der Waals surface area contributed by atoms with Crippen LogP contribution in [0.4, 0.5) is 0 Å². The molecule has 0 saturated heterocycles. The largest absolute Gasteiger partial charge is 0.360 e. The van der Waals surface area contributed by atoms with Crippen molar-refractivity contribution in [3.05, 3.63) is 70.0 Å². The maximum Gasteiger partial charge on any atom is 0.0751 e. The normalized spacial score (nSPS) is 12.1. The van der Waals surface area contributed by atoms with Gasteiger partial charge in [-0.15, -0.1) is 0 Å². The van der Waals surface area contributed by atoms with E-state index in [2.05, 4.69) is 70.7 Å². The number of para-hydroxylation sites is 1. The Bertz CT molecular complexity index is 1240. The van der Waals surface area contributed by atoms with Gasteiger partial charge in [-0.05, 0) is 80.7 Å². The Morgan fingerprint density at radius 3 is 2.34 bits per heavy atom. The van der Waals surface area contributed by atoms with E-state index in [1.54, 1.807) is 0 Å². The van der Waals surface area contributed by atoms with Gasteiger partial charge >= 0.3 is 0 Å². The molecule has 4 aromatic rings. The summed E-state index contributed by atoms with van der Waals surface area (Å²) in [5.41, 5.74) is 5.01. The number of fused-ring (bicyclic) bond motifs is 2. The topological polar surface area (TPSA) is 27.2 Å². The summed E-state index contributed by atoms with van der Waals surface area (Å²) < 4.78 is 2.42. The molecule has 6 heteroatoms. The minimum atomic E-state index is 0.782. The number of benzene rings is 2. The van der Waals surface area contributed by atoms with Crippen molar-refractivity contribution < 1.29 is 0 Å². The molecule has 4 rings (SSSR count). The molecule has 188 valence electrons. The second-order valence-electron chi connectivity index (χ2n) is 9.46. The Balaban J connectivity index is 1.53. The zero-order valence-corrected chi connectivity index (χ0v) is 22.8. The molecule has 0 saturated carbocycles. The van der Waals surface area contributed by atoms with Gasteiger partial charge in [0.1, 0.15) is 0 Å². The van der Waals surface area contributed by atoms with Crippen LogP contribution in [0.2, 0.25) is 10.0 Å². The molecule has 0 unspecified atom stereocenters. The first-order valence-corrected chi connectivity index (χ1v) is 13.8. The van der Waals surface area contributed by atoms with Gasteiger partial charge in [0.15, 0.2) is 0 Å². The molecule has 35 heavy (non-hydrogen) atoms. The number of hydrogen-bond acceptors (Lipinski definition) is 2. The van der Waals surface area contributed by atoms with Crippen LogP contribution in [-0.4, -0.2) is 52.1 Å². The van der Waals surface area contributed by atoms with Crippen molar-refractivity contribution in [2.75, 3.05) is 32.7 Å². The van der Waals surface area contributed by atoms with E-state index in [1.165, 1.54) is 33.8 Å². The Hall–Kier alpha value is -1.98. The molecule has 1 N–H and O–H groups in total. The number of nitrogens with one attached hydrogen (secondary N) is 1. The number of likely N-dealkylation sites (N-methyl/N-ethyl adjacent to an activating group) is 1. The van der Waals surface area contributed by atoms with Gasteiger partial charge in [0.2, 0.25) is 0 Å². The monoisotopic (exact) mass is 512 g/mol. The lowest BCUT2D eigenvalue weighted by Crippen LogP contribution is -2.29. The number of aromatic amines is 1. The number of halogens is 2. The summed E-state index contributed by atoms with van der Waals surface area (Å²) in [6, 6.07) is 12.5. The lowest BCUT2D eigenvalue weighted by atomic mass is 10.1. The van der Waals surface area contributed by atoms with Crippen LogP contribution in [0.1, 0.15) is 44.7 Å². The minimum absolute atomic E-state index is 0.782. The van der Waals surface area contributed by atoms with Crippen molar-refractivity contribution in [3.63, 3.8) is 0 Å². The van der Waals surface area contributed by atoms with E-state index < -0.39 is 0 Å². The predicted octanol–water partition coefficient (Wildman–Crippen LogP) is 7.62. The van der Waals surface area contributed by atoms with Crippen molar-refractivity contribution in [1.82, 2.24) is 19.4 Å². The van der Waals surface area contributed by atoms with E-state index >= 15 is 0 Å². The van der Waals surface area contributed by atoms with E-state index in [4.69, 9.17) is 23.2 Å². The first kappa shape index (κ1) is 26.1. The maximum atomic E-state index is 6.42. The van der Waals surface area contributed by atoms with Gasteiger partial charge in [-0.2, -0.15) is 0 Å². The highest BCUT2D eigenvalue weighted by molar-refractivity contribution is 6.35. The first-order chi connectivity index (χ1) is 17.0. The van der Waals surface area contributed by atoms with Crippen LogP contribution in [0, 0.1) is 0 Å². The number of rotatable bonds is 13. The summed E-state index contributed by atoms with van der Waals surface area (Å²) >= 11 is 12.8. The quantitative estimate of drug-likeness (QED) is 0.199. The van der Waals surface area contributed by atoms with Crippen LogP contribution in [0.25, 0.3) is 21.8 Å². The third-order valence-corrected chi connectivity index (χ3v) is 7.50. The van der Waals surface area contributed by atoms with Crippen LogP contribution in [-0.2, 0) is 19.5 Å². The first-order valence-electron chi connectivity index (χ1n) is 13.0. The predicted molar refractivity (Wildman–Crippen MR) is 152 cm³/mol. The Labute approximate surface area is 219 Å². The molecular formula is C29H38Cl2N4. The number of hydrogen-bond donors (Lipinski definition) is 1. The van der Waals surface area contributed by atoms with E-state index in [0.29, 0.717) is 0 Å². The Kier molecular flexibility index (Phi) is 9.18. The van der Waals surface area contributed by atoms with E-state index in [0.717, 1.165) is 74.2 Å². The van der Waals surface area contributed by atoms with E-state index in [9.17, 15) is 0 Å². The summed E-state index contributed by atoms with van der Waals surface area (Å²) in [5.74, 6) is 0. The molecule has 4 nitrogen and oxygen atoms in total. The molecule has 0 aliphatic carbocycles. The van der Waals surface area contributed by atoms with Crippen LogP contribution < -0.4 is 0 Å². The van der Waals surface area contributed by atoms with Gasteiger partial charge in [-0.3, -0.25) is 4.90 Å². The number of aromatic nitrogens is 2. The molecule has 2 heterocycles. The zero-order valence-electron chi connectivity index (χ0n) is 21.3. The average Bonchev–Trinajstić information content (AvgIpc) is 3.42. The molecule has 0 spiro atoms. The van der Waals surface area contributed by atoms with Crippen LogP contribution in [0.3, 0.4) is 0 Å². The van der Waals surface area contributed by atoms with Crippen molar-refractivity contribution >= 4 is 45.0 Å². The van der Waals surface area contributed by atoms with Crippen LogP contribution in [0.15, 0.2) is 48.8 Å². The smallest absolute Gasteiger partial charge is 0.0751 e. The summed E-state index contributed by atoms with van der Waals surface area (Å²) in [4.78, 5) is 8.44. The lowest BCUT2D eigenvalue weighted by molar-refractivity contribution is 0.224. The Morgan fingerprint density at radius 1 is 0.829 bits per heavy atom. The van der Waals surface area contributed by atoms with E-state index in [-0.39, 0.29) is 0 Å². The molecule has 2 aromatic heterocycles. The van der Waals surface area contributed by atoms with Crippen molar-refractivity contribution in [1.29, 1.82) is 0 Å². The number of nitrogens with zero attached hydrogens (tertiary/aromatic N) is 3. The third kappa shape index (κ3) is 6.24. The van der Waals surface area contributed by atoms with Crippen molar-refractivity contribution in [3.8, 4) is 0 Å². The molecule has 0 fully saturated rings. The van der Waals surface area contributed by atoms with Gasteiger partial charge in [-0.25, -0.2) is 0 Å². The molecule has 0 aliphatic heterocycles. The van der Waals surface area contributed by atoms with Gasteiger partial charge in [0.05, 0.1) is 17.2 Å². The van der Waals surface area contributed by atoms with Crippen LogP contribution in [0.5, 0.6) is 0 Å². The fourth-order valence-electron chi connectivity index (χ4n) is 5.13. The fraction of sp³-hybridized carbons (Fsp3) is 0.448. The van der Waals surface area contributed by atoms with E-state index in [1.807, 2.05) is 18.2 Å². The SMILES string of the molecule is CCCN(CC)CCc1cn(CN(CCC)CCc2c[nH]c3c(Cl)cccc23)c2ccc(Cl)cc12. The standard InChI is InChI=1S/C29H38Cl2N4/c1-4-14-33(6-3)16-13-23-20-35(28-11-10-24(30)18-26(23)28)21-34(15-5-2)17-12-22-19-32-29-25(22)8-7-9-27(29)31/h7-11,18-20,32H,4-6,12-17,21H2,1-3H3. The zero-order chi connectivity index (χ0) is 24.8. The summed E-state index contributed by atoms with van der Waals surface area (Å²) in [5, 5.41) is 4.10. The molecule has 0 amide bonds. The van der Waals surface area contributed by atoms with Crippen LogP contribution >= 0.6 is 23.2 Å².